The Morgan fingerprint density at radius 3 is 2.87 bits per heavy atom. The van der Waals surface area contributed by atoms with E-state index in [1.807, 2.05) is 6.92 Å². The van der Waals surface area contributed by atoms with Crippen LogP contribution >= 0.6 is 0 Å². The van der Waals surface area contributed by atoms with Crippen molar-refractivity contribution in [2.24, 2.45) is 10.9 Å². The quantitative estimate of drug-likeness (QED) is 0.184. The topological polar surface area (TPSA) is 96.9 Å². The molecule has 1 atom stereocenters. The molecule has 0 saturated carbocycles. The van der Waals surface area contributed by atoms with Crippen LogP contribution in [0.15, 0.2) is 5.16 Å². The molecule has 6 heteroatoms. The Kier molecular flexibility index (Phi) is 7.35. The summed E-state index contributed by atoms with van der Waals surface area (Å²) in [6, 6.07) is -0.168. The molecule has 0 bridgehead atoms. The van der Waals surface area contributed by atoms with Crippen LogP contribution in [0.2, 0.25) is 0 Å². The van der Waals surface area contributed by atoms with Crippen molar-refractivity contribution in [3.63, 3.8) is 0 Å². The first kappa shape index (κ1) is 13.7. The number of oxime groups is 1. The van der Waals surface area contributed by atoms with Gasteiger partial charge >= 0.3 is 0 Å². The summed E-state index contributed by atoms with van der Waals surface area (Å²) in [6.07, 6.45) is 1.20. The van der Waals surface area contributed by atoms with Crippen molar-refractivity contribution < 1.29 is 14.7 Å². The maximum atomic E-state index is 11.2. The van der Waals surface area contributed by atoms with Crippen LogP contribution in [-0.4, -0.2) is 36.2 Å². The van der Waals surface area contributed by atoms with Crippen LogP contribution in [0.25, 0.3) is 0 Å². The summed E-state index contributed by atoms with van der Waals surface area (Å²) in [5.74, 6) is -0.0982. The lowest BCUT2D eigenvalue weighted by Gasteiger charge is -2.12. The van der Waals surface area contributed by atoms with Crippen LogP contribution in [0.5, 0.6) is 0 Å². The number of nitrogens with one attached hydrogen (secondary N) is 1. The smallest absolute Gasteiger partial charge is 0.246 e. The molecule has 0 aromatic carbocycles. The molecule has 4 N–H and O–H groups in total. The van der Waals surface area contributed by atoms with Crippen LogP contribution in [-0.2, 0) is 9.53 Å². The summed E-state index contributed by atoms with van der Waals surface area (Å²) < 4.78 is 5.05. The molecule has 0 rings (SSSR count). The van der Waals surface area contributed by atoms with Gasteiger partial charge in [-0.3, -0.25) is 4.79 Å². The van der Waals surface area contributed by atoms with Gasteiger partial charge in [0.15, 0.2) is 0 Å². The van der Waals surface area contributed by atoms with E-state index in [1.165, 1.54) is 0 Å². The Balaban J connectivity index is 3.67. The second kappa shape index (κ2) is 8.05. The predicted molar refractivity (Wildman–Crippen MR) is 56.7 cm³/mol. The molecule has 0 aromatic heterocycles. The molecule has 1 unspecified atom stereocenters. The number of amides is 1. The van der Waals surface area contributed by atoms with Gasteiger partial charge in [0.2, 0.25) is 5.91 Å². The molecule has 0 aliphatic rings. The molecular formula is C9H19N3O3. The SMILES string of the molecule is CCCOCC(=O)NC(C)CC(N)=NO. The second-order valence-electron chi connectivity index (χ2n) is 3.32. The number of amidine groups is 1. The van der Waals surface area contributed by atoms with E-state index in [-0.39, 0.29) is 24.4 Å². The van der Waals surface area contributed by atoms with E-state index < -0.39 is 0 Å². The van der Waals surface area contributed by atoms with Crippen molar-refractivity contribution in [2.75, 3.05) is 13.2 Å². The van der Waals surface area contributed by atoms with Gasteiger partial charge < -0.3 is 21.0 Å². The largest absolute Gasteiger partial charge is 0.409 e. The number of nitrogens with zero attached hydrogens (tertiary/aromatic N) is 1. The highest BCUT2D eigenvalue weighted by Crippen LogP contribution is 1.90. The fourth-order valence-corrected chi connectivity index (χ4v) is 1.03. The Labute approximate surface area is 89.5 Å². The van der Waals surface area contributed by atoms with Gasteiger partial charge in [0, 0.05) is 19.1 Å². The Morgan fingerprint density at radius 1 is 1.67 bits per heavy atom. The summed E-state index contributed by atoms with van der Waals surface area (Å²) in [4.78, 5) is 11.2. The Bertz CT molecular complexity index is 219. The van der Waals surface area contributed by atoms with Gasteiger partial charge in [-0.2, -0.15) is 0 Å². The third-order valence-electron chi connectivity index (χ3n) is 1.63. The van der Waals surface area contributed by atoms with Gasteiger partial charge in [-0.15, -0.1) is 0 Å². The average molecular weight is 217 g/mol. The highest BCUT2D eigenvalue weighted by atomic mass is 16.5. The molecule has 0 aromatic rings. The maximum Gasteiger partial charge on any atom is 0.246 e. The standard InChI is InChI=1S/C9H19N3O3/c1-3-4-15-6-9(13)11-7(2)5-8(10)12-14/h7,14H,3-6H2,1-2H3,(H2,10,12)(H,11,13). The maximum absolute atomic E-state index is 11.2. The molecule has 0 radical (unpaired) electrons. The molecular weight excluding hydrogens is 198 g/mol. The molecule has 0 aliphatic heterocycles. The molecule has 15 heavy (non-hydrogen) atoms. The summed E-state index contributed by atoms with van der Waals surface area (Å²) in [5, 5.41) is 13.8. The van der Waals surface area contributed by atoms with Gasteiger partial charge in [0.25, 0.3) is 0 Å². The molecule has 1 amide bonds. The predicted octanol–water partition coefficient (Wildman–Crippen LogP) is 0.0542. The van der Waals surface area contributed by atoms with E-state index in [4.69, 9.17) is 15.7 Å². The third kappa shape index (κ3) is 7.75. The first-order valence-electron chi connectivity index (χ1n) is 4.93. The third-order valence-corrected chi connectivity index (χ3v) is 1.63. The summed E-state index contributed by atoms with van der Waals surface area (Å²) in [6.45, 7) is 4.37. The number of carbonyl (C=O) groups excluding carboxylic acids is 1. The van der Waals surface area contributed by atoms with Gasteiger partial charge in [-0.1, -0.05) is 12.1 Å². The Morgan fingerprint density at radius 2 is 2.33 bits per heavy atom. The zero-order valence-electron chi connectivity index (χ0n) is 9.19. The lowest BCUT2D eigenvalue weighted by molar-refractivity contribution is -0.126. The van der Waals surface area contributed by atoms with Crippen molar-refractivity contribution >= 4 is 11.7 Å². The normalized spacial score (nSPS) is 13.6. The lowest BCUT2D eigenvalue weighted by atomic mass is 10.2. The molecule has 0 fully saturated rings. The zero-order valence-corrected chi connectivity index (χ0v) is 9.19. The summed E-state index contributed by atoms with van der Waals surface area (Å²) >= 11 is 0. The number of hydrogen-bond acceptors (Lipinski definition) is 4. The minimum Gasteiger partial charge on any atom is -0.409 e. The van der Waals surface area contributed by atoms with E-state index >= 15 is 0 Å². The van der Waals surface area contributed by atoms with Gasteiger partial charge in [0.05, 0.1) is 0 Å². The number of rotatable bonds is 7. The van der Waals surface area contributed by atoms with Crippen molar-refractivity contribution in [3.8, 4) is 0 Å². The highest BCUT2D eigenvalue weighted by Gasteiger charge is 2.08. The number of nitrogens with two attached hydrogens (primary N) is 1. The van der Waals surface area contributed by atoms with Crippen molar-refractivity contribution in [1.82, 2.24) is 5.32 Å². The average Bonchev–Trinajstić information content (AvgIpc) is 2.17. The first-order chi connectivity index (χ1) is 7.10. The van der Waals surface area contributed by atoms with Crippen LogP contribution in [0.4, 0.5) is 0 Å². The van der Waals surface area contributed by atoms with Crippen molar-refractivity contribution in [2.45, 2.75) is 32.7 Å². The van der Waals surface area contributed by atoms with Crippen LogP contribution in [0, 0.1) is 0 Å². The monoisotopic (exact) mass is 217 g/mol. The van der Waals surface area contributed by atoms with E-state index in [9.17, 15) is 4.79 Å². The number of hydrogen-bond donors (Lipinski definition) is 3. The van der Waals surface area contributed by atoms with Gasteiger partial charge in [0.1, 0.15) is 12.4 Å². The van der Waals surface area contributed by atoms with Gasteiger partial charge in [-0.25, -0.2) is 0 Å². The minimum absolute atomic E-state index is 0.0500. The zero-order chi connectivity index (χ0) is 11.7. The second-order valence-corrected chi connectivity index (χ2v) is 3.32. The van der Waals surface area contributed by atoms with E-state index in [0.717, 1.165) is 6.42 Å². The number of ether oxygens (including phenoxy) is 1. The number of carbonyl (C=O) groups is 1. The van der Waals surface area contributed by atoms with Crippen molar-refractivity contribution in [3.05, 3.63) is 0 Å². The molecule has 88 valence electrons. The fourth-order valence-electron chi connectivity index (χ4n) is 1.03. The Hall–Kier alpha value is -1.30. The van der Waals surface area contributed by atoms with Crippen LogP contribution in [0.3, 0.4) is 0 Å². The fraction of sp³-hybridized carbons (Fsp3) is 0.778. The van der Waals surface area contributed by atoms with Gasteiger partial charge in [-0.05, 0) is 13.3 Å². The van der Waals surface area contributed by atoms with E-state index in [0.29, 0.717) is 13.0 Å². The van der Waals surface area contributed by atoms with E-state index in [2.05, 4.69) is 10.5 Å². The van der Waals surface area contributed by atoms with E-state index in [1.54, 1.807) is 6.92 Å². The molecule has 0 spiro atoms. The first-order valence-corrected chi connectivity index (χ1v) is 4.93. The van der Waals surface area contributed by atoms with Crippen LogP contribution < -0.4 is 11.1 Å². The van der Waals surface area contributed by atoms with Crippen LogP contribution in [0.1, 0.15) is 26.7 Å². The lowest BCUT2D eigenvalue weighted by Crippen LogP contribution is -2.37. The highest BCUT2D eigenvalue weighted by molar-refractivity contribution is 5.82. The molecule has 0 heterocycles. The summed E-state index contributed by atoms with van der Waals surface area (Å²) in [7, 11) is 0. The summed E-state index contributed by atoms with van der Waals surface area (Å²) in [5.41, 5.74) is 5.29. The molecule has 0 aliphatic carbocycles. The molecule has 0 saturated heterocycles. The molecule has 6 nitrogen and oxygen atoms in total. The van der Waals surface area contributed by atoms with Crippen molar-refractivity contribution in [1.29, 1.82) is 0 Å². The minimum atomic E-state index is -0.193.